The highest BCUT2D eigenvalue weighted by Gasteiger charge is 2.35. The molecule has 6 rings (SSSR count). The summed E-state index contributed by atoms with van der Waals surface area (Å²) in [5.74, 6) is 0.175. The number of urea groups is 2. The van der Waals surface area contributed by atoms with Crippen LogP contribution in [0.4, 0.5) is 9.59 Å². The molecule has 0 spiro atoms. The first-order chi connectivity index (χ1) is 17.5. The van der Waals surface area contributed by atoms with Crippen molar-refractivity contribution in [3.63, 3.8) is 0 Å². The van der Waals surface area contributed by atoms with E-state index in [2.05, 4.69) is 9.80 Å². The minimum atomic E-state index is -0.299. The summed E-state index contributed by atoms with van der Waals surface area (Å²) < 4.78 is 0. The number of aliphatic hydroxyl groups is 1. The molecule has 4 amide bonds. The molecule has 36 heavy (non-hydrogen) atoms. The first-order valence-electron chi connectivity index (χ1n) is 14.2. The van der Waals surface area contributed by atoms with Crippen LogP contribution in [-0.4, -0.2) is 149 Å². The zero-order valence-corrected chi connectivity index (χ0v) is 21.7. The third kappa shape index (κ3) is 5.97. The monoisotopic (exact) mass is 504 g/mol. The summed E-state index contributed by atoms with van der Waals surface area (Å²) in [4.78, 5) is 47.6. The largest absolute Gasteiger partial charge is 0.389 e. The number of aliphatic hydroxyl groups excluding tert-OH is 1. The van der Waals surface area contributed by atoms with Crippen molar-refractivity contribution in [1.82, 2.24) is 29.4 Å². The average molecular weight is 505 g/mol. The summed E-state index contributed by atoms with van der Waals surface area (Å²) in [7, 11) is 0. The van der Waals surface area contributed by atoms with Gasteiger partial charge in [-0.2, -0.15) is 0 Å². The van der Waals surface area contributed by atoms with Gasteiger partial charge in [0, 0.05) is 64.4 Å². The third-order valence-electron chi connectivity index (χ3n) is 8.92. The van der Waals surface area contributed by atoms with Crippen LogP contribution in [0, 0.1) is 0 Å². The van der Waals surface area contributed by atoms with Crippen LogP contribution >= 0.6 is 0 Å². The molecule has 0 radical (unpaired) electrons. The van der Waals surface area contributed by atoms with E-state index in [0.717, 1.165) is 77.3 Å². The van der Waals surface area contributed by atoms with Crippen molar-refractivity contribution < 1.29 is 19.5 Å². The Hall–Kier alpha value is -1.91. The van der Waals surface area contributed by atoms with Gasteiger partial charge in [0.1, 0.15) is 0 Å². The molecule has 0 aromatic carbocycles. The van der Waals surface area contributed by atoms with E-state index in [1.807, 2.05) is 9.80 Å². The van der Waals surface area contributed by atoms with Crippen LogP contribution in [0.2, 0.25) is 0 Å². The van der Waals surface area contributed by atoms with E-state index in [1.54, 1.807) is 9.80 Å². The smallest absolute Gasteiger partial charge is 0.320 e. The number of carbonyl (C=O) groups is 3. The summed E-state index contributed by atoms with van der Waals surface area (Å²) in [5.41, 5.74) is 0. The number of amides is 4. The Morgan fingerprint density at radius 2 is 1.06 bits per heavy atom. The van der Waals surface area contributed by atoms with E-state index >= 15 is 0 Å². The van der Waals surface area contributed by atoms with E-state index in [-0.39, 0.29) is 23.9 Å². The minimum Gasteiger partial charge on any atom is -0.389 e. The first-order valence-corrected chi connectivity index (χ1v) is 14.2. The van der Waals surface area contributed by atoms with Crippen molar-refractivity contribution in [2.24, 2.45) is 0 Å². The van der Waals surface area contributed by atoms with E-state index < -0.39 is 0 Å². The molecule has 6 fully saturated rings. The van der Waals surface area contributed by atoms with E-state index in [1.165, 1.54) is 38.5 Å². The van der Waals surface area contributed by atoms with Crippen LogP contribution in [0.3, 0.4) is 0 Å². The van der Waals surface area contributed by atoms with Crippen LogP contribution in [0.25, 0.3) is 0 Å². The second-order valence-corrected chi connectivity index (χ2v) is 11.4. The fourth-order valence-corrected chi connectivity index (χ4v) is 6.02. The normalized spacial score (nSPS) is 27.1. The molecule has 4 heterocycles. The fourth-order valence-electron chi connectivity index (χ4n) is 6.02. The van der Waals surface area contributed by atoms with Crippen LogP contribution < -0.4 is 0 Å². The molecule has 0 unspecified atom stereocenters. The van der Waals surface area contributed by atoms with Gasteiger partial charge in [0.2, 0.25) is 0 Å². The van der Waals surface area contributed by atoms with Gasteiger partial charge in [0.05, 0.1) is 32.3 Å². The summed E-state index contributed by atoms with van der Waals surface area (Å²) in [6.07, 6.45) is 9.91. The number of nitrogens with zero attached hydrogens (tertiary/aromatic N) is 6. The van der Waals surface area contributed by atoms with Gasteiger partial charge in [-0.15, -0.1) is 0 Å². The van der Waals surface area contributed by atoms with Gasteiger partial charge in [0.25, 0.3) is 0 Å². The second kappa shape index (κ2) is 11.6. The summed E-state index contributed by atoms with van der Waals surface area (Å²) in [6, 6.07) is 1.73. The molecule has 0 aromatic heterocycles. The Balaban J connectivity index is 0.000000148. The quantitative estimate of drug-likeness (QED) is 0.601. The number of β-amino-alcohol motifs (C(OH)–C–C–N with tert-alkyl or cyclic N) is 1. The number of carbonyl (C=O) groups excluding carboxylic acids is 3. The minimum absolute atomic E-state index is 0.0602. The number of Topliss-reactive ketones (excluding diaryl/α,β-unsaturated/α-hetero) is 1. The predicted molar refractivity (Wildman–Crippen MR) is 136 cm³/mol. The van der Waals surface area contributed by atoms with Gasteiger partial charge in [0.15, 0.2) is 5.78 Å². The number of hydrogen-bond acceptors (Lipinski definition) is 6. The average Bonchev–Trinajstić information content (AvgIpc) is 3.14. The molecule has 2 saturated carbocycles. The van der Waals surface area contributed by atoms with Gasteiger partial charge in [-0.25, -0.2) is 9.59 Å². The molecule has 10 heteroatoms. The highest BCUT2D eigenvalue weighted by atomic mass is 16.3. The summed E-state index contributed by atoms with van der Waals surface area (Å²) in [5, 5.41) is 9.25. The van der Waals surface area contributed by atoms with Crippen LogP contribution in [-0.2, 0) is 4.79 Å². The third-order valence-corrected chi connectivity index (χ3v) is 8.92. The maximum atomic E-state index is 12.2. The Bertz CT molecular complexity index is 789. The highest BCUT2D eigenvalue weighted by molar-refractivity contribution is 5.95. The number of hydrogen-bond donors (Lipinski definition) is 1. The summed E-state index contributed by atoms with van der Waals surface area (Å²) >= 11 is 0. The lowest BCUT2D eigenvalue weighted by Gasteiger charge is -2.39. The second-order valence-electron chi connectivity index (χ2n) is 11.4. The lowest BCUT2D eigenvalue weighted by atomic mass is 9.91. The lowest BCUT2D eigenvalue weighted by molar-refractivity contribution is -0.127. The van der Waals surface area contributed by atoms with Crippen LogP contribution in [0.5, 0.6) is 0 Å². The SMILES string of the molecule is O=C(N1CCCN(C2CCC2)CC1)N1CC(O)C1.O=C1CN(C(=O)N2CCCN(C3CCC3)CC2)C1. The Morgan fingerprint density at radius 3 is 1.44 bits per heavy atom. The van der Waals surface area contributed by atoms with Crippen molar-refractivity contribution in [3.05, 3.63) is 0 Å². The molecular formula is C26H44N6O4. The van der Waals surface area contributed by atoms with Crippen molar-refractivity contribution in [3.8, 4) is 0 Å². The molecule has 6 aliphatic rings. The maximum absolute atomic E-state index is 12.2. The van der Waals surface area contributed by atoms with Crippen molar-refractivity contribution in [2.45, 2.75) is 69.6 Å². The fraction of sp³-hybridized carbons (Fsp3) is 0.885. The Kier molecular flexibility index (Phi) is 8.32. The lowest BCUT2D eigenvalue weighted by Crippen LogP contribution is -2.58. The van der Waals surface area contributed by atoms with Gasteiger partial charge >= 0.3 is 12.1 Å². The zero-order chi connectivity index (χ0) is 25.1. The van der Waals surface area contributed by atoms with Crippen molar-refractivity contribution >= 4 is 17.8 Å². The molecule has 4 aliphatic heterocycles. The van der Waals surface area contributed by atoms with Gasteiger partial charge in [-0.3, -0.25) is 14.6 Å². The highest BCUT2D eigenvalue weighted by Crippen LogP contribution is 2.27. The van der Waals surface area contributed by atoms with Gasteiger partial charge < -0.3 is 24.7 Å². The molecule has 0 bridgehead atoms. The van der Waals surface area contributed by atoms with E-state index in [0.29, 0.717) is 26.2 Å². The van der Waals surface area contributed by atoms with Gasteiger partial charge in [-0.05, 0) is 38.5 Å². The standard InChI is InChI=1S/C13H23N3O2.C13H21N3O2/c2*17-12-9-16(10-12)13(18)15-6-2-5-14(7-8-15)11-3-1-4-11/h11-12,17H,1-10H2;11H,1-10H2. The van der Waals surface area contributed by atoms with Gasteiger partial charge in [-0.1, -0.05) is 12.8 Å². The van der Waals surface area contributed by atoms with Crippen molar-refractivity contribution in [1.29, 1.82) is 0 Å². The predicted octanol–water partition coefficient (Wildman–Crippen LogP) is 0.894. The van der Waals surface area contributed by atoms with E-state index in [9.17, 15) is 19.5 Å². The molecule has 1 N–H and O–H groups in total. The molecule has 0 aromatic rings. The maximum Gasteiger partial charge on any atom is 0.320 e. The zero-order valence-electron chi connectivity index (χ0n) is 21.7. The molecule has 0 atom stereocenters. The van der Waals surface area contributed by atoms with Crippen molar-refractivity contribution in [2.75, 3.05) is 78.5 Å². The van der Waals surface area contributed by atoms with Crippen LogP contribution in [0.15, 0.2) is 0 Å². The summed E-state index contributed by atoms with van der Waals surface area (Å²) in [6.45, 7) is 9.32. The molecule has 10 nitrogen and oxygen atoms in total. The molecular weight excluding hydrogens is 460 g/mol. The van der Waals surface area contributed by atoms with E-state index in [4.69, 9.17) is 0 Å². The Labute approximate surface area is 215 Å². The number of likely N-dealkylation sites (tertiary alicyclic amines) is 2. The topological polar surface area (TPSA) is 90.9 Å². The number of rotatable bonds is 2. The molecule has 2 aliphatic carbocycles. The van der Waals surface area contributed by atoms with Crippen LogP contribution in [0.1, 0.15) is 51.4 Å². The number of ketones is 1. The molecule has 202 valence electrons. The molecule has 4 saturated heterocycles. The Morgan fingerprint density at radius 1 is 0.583 bits per heavy atom. The first kappa shape index (κ1) is 25.7.